The van der Waals surface area contributed by atoms with Crippen LogP contribution in [-0.4, -0.2) is 42.1 Å². The zero-order valence-corrected chi connectivity index (χ0v) is 12.4. The molecule has 1 spiro atoms. The first kappa shape index (κ1) is 13.7. The molecule has 5 nitrogen and oxygen atoms in total. The van der Waals surface area contributed by atoms with E-state index in [9.17, 15) is 0 Å². The van der Waals surface area contributed by atoms with E-state index in [4.69, 9.17) is 9.47 Å². The van der Waals surface area contributed by atoms with Crippen molar-refractivity contribution in [3.05, 3.63) is 42.7 Å². The molecule has 22 heavy (non-hydrogen) atoms. The molecule has 2 saturated heterocycles. The molecule has 0 radical (unpaired) electrons. The highest BCUT2D eigenvalue weighted by molar-refractivity contribution is 5.61. The second kappa shape index (κ2) is 5.66. The predicted molar refractivity (Wildman–Crippen MR) is 83.6 cm³/mol. The Balaban J connectivity index is 1.45. The number of rotatable bonds is 2. The summed E-state index contributed by atoms with van der Waals surface area (Å²) in [5.41, 5.74) is 2.18. The van der Waals surface area contributed by atoms with Crippen LogP contribution in [0.4, 0.5) is 5.95 Å². The molecule has 2 aromatic rings. The van der Waals surface area contributed by atoms with E-state index in [1.165, 1.54) is 0 Å². The van der Waals surface area contributed by atoms with Gasteiger partial charge >= 0.3 is 0 Å². The Kier molecular flexibility index (Phi) is 3.52. The van der Waals surface area contributed by atoms with Gasteiger partial charge in [0.05, 0.1) is 13.2 Å². The number of benzene rings is 1. The maximum Gasteiger partial charge on any atom is 0.225 e. The molecule has 3 heterocycles. The van der Waals surface area contributed by atoms with Crippen LogP contribution >= 0.6 is 0 Å². The summed E-state index contributed by atoms with van der Waals surface area (Å²) in [6, 6.07) is 10.2. The minimum absolute atomic E-state index is 0.347. The highest BCUT2D eigenvalue weighted by Crippen LogP contribution is 2.32. The Morgan fingerprint density at radius 2 is 1.50 bits per heavy atom. The summed E-state index contributed by atoms with van der Waals surface area (Å²) in [5.74, 6) is 0.438. The van der Waals surface area contributed by atoms with E-state index in [0.717, 1.165) is 43.0 Å². The minimum Gasteiger partial charge on any atom is -0.347 e. The molecule has 0 saturated carbocycles. The van der Waals surface area contributed by atoms with E-state index in [0.29, 0.717) is 13.2 Å². The second-order valence-electron chi connectivity index (χ2n) is 5.73. The number of aromatic nitrogens is 2. The van der Waals surface area contributed by atoms with Gasteiger partial charge in [0.15, 0.2) is 5.79 Å². The molecular formula is C17H19N3O2. The van der Waals surface area contributed by atoms with Crippen LogP contribution in [-0.2, 0) is 9.47 Å². The van der Waals surface area contributed by atoms with Crippen LogP contribution in [0.15, 0.2) is 42.7 Å². The van der Waals surface area contributed by atoms with Crippen molar-refractivity contribution >= 4 is 5.95 Å². The number of hydrogen-bond acceptors (Lipinski definition) is 5. The first-order chi connectivity index (χ1) is 10.8. The Morgan fingerprint density at radius 1 is 0.864 bits per heavy atom. The summed E-state index contributed by atoms with van der Waals surface area (Å²) in [6.45, 7) is 3.15. The lowest BCUT2D eigenvalue weighted by atomic mass is 10.0. The third-order valence-corrected chi connectivity index (χ3v) is 4.37. The summed E-state index contributed by atoms with van der Waals surface area (Å²) in [4.78, 5) is 11.3. The van der Waals surface area contributed by atoms with Gasteiger partial charge in [0.2, 0.25) is 5.95 Å². The lowest BCUT2D eigenvalue weighted by molar-refractivity contribution is -0.169. The van der Waals surface area contributed by atoms with E-state index < -0.39 is 0 Å². The van der Waals surface area contributed by atoms with E-state index in [-0.39, 0.29) is 5.79 Å². The molecule has 4 rings (SSSR count). The fourth-order valence-corrected chi connectivity index (χ4v) is 3.10. The molecule has 2 aliphatic heterocycles. The molecule has 0 amide bonds. The molecule has 0 aliphatic carbocycles. The molecule has 2 aliphatic rings. The van der Waals surface area contributed by atoms with Crippen molar-refractivity contribution in [3.8, 4) is 11.1 Å². The topological polar surface area (TPSA) is 47.5 Å². The van der Waals surface area contributed by atoms with Gasteiger partial charge in [-0.25, -0.2) is 9.97 Å². The van der Waals surface area contributed by atoms with Crippen LogP contribution in [0.1, 0.15) is 12.8 Å². The highest BCUT2D eigenvalue weighted by Gasteiger charge is 2.40. The molecule has 114 valence electrons. The molecule has 1 aromatic heterocycles. The van der Waals surface area contributed by atoms with Crippen LogP contribution in [0, 0.1) is 0 Å². The summed E-state index contributed by atoms with van der Waals surface area (Å²) < 4.78 is 11.5. The third-order valence-electron chi connectivity index (χ3n) is 4.37. The van der Waals surface area contributed by atoms with Gasteiger partial charge in [0, 0.05) is 43.9 Å². The van der Waals surface area contributed by atoms with Crippen LogP contribution in [0.25, 0.3) is 11.1 Å². The first-order valence-electron chi connectivity index (χ1n) is 7.75. The van der Waals surface area contributed by atoms with Crippen molar-refractivity contribution in [1.82, 2.24) is 9.97 Å². The predicted octanol–water partition coefficient (Wildman–Crippen LogP) is 2.49. The van der Waals surface area contributed by atoms with Crippen LogP contribution in [0.2, 0.25) is 0 Å². The maximum absolute atomic E-state index is 5.75. The Labute approximate surface area is 129 Å². The molecule has 5 heteroatoms. The number of piperidine rings is 1. The van der Waals surface area contributed by atoms with Gasteiger partial charge in [-0.1, -0.05) is 30.3 Å². The van der Waals surface area contributed by atoms with Gasteiger partial charge < -0.3 is 14.4 Å². The first-order valence-corrected chi connectivity index (χ1v) is 7.75. The van der Waals surface area contributed by atoms with Gasteiger partial charge in [-0.15, -0.1) is 0 Å². The molecule has 1 aromatic carbocycles. The number of anilines is 1. The largest absolute Gasteiger partial charge is 0.347 e. The lowest BCUT2D eigenvalue weighted by Crippen LogP contribution is -2.45. The number of nitrogens with zero attached hydrogens (tertiary/aromatic N) is 3. The Bertz CT molecular complexity index is 614. The Morgan fingerprint density at radius 3 is 2.14 bits per heavy atom. The van der Waals surface area contributed by atoms with Gasteiger partial charge in [-0.3, -0.25) is 0 Å². The number of hydrogen-bond donors (Lipinski definition) is 0. The maximum atomic E-state index is 5.75. The SMILES string of the molecule is c1ccc(-c2cnc(N3CCC4(CC3)OCCO4)nc2)cc1. The van der Waals surface area contributed by atoms with E-state index in [2.05, 4.69) is 27.0 Å². The van der Waals surface area contributed by atoms with Gasteiger partial charge in [-0.05, 0) is 5.56 Å². The van der Waals surface area contributed by atoms with Crippen molar-refractivity contribution in [2.75, 3.05) is 31.2 Å². The normalized spacial score (nSPS) is 20.5. The average molecular weight is 297 g/mol. The third kappa shape index (κ3) is 2.58. The van der Waals surface area contributed by atoms with E-state index in [1.54, 1.807) is 0 Å². The van der Waals surface area contributed by atoms with Crippen LogP contribution in [0.3, 0.4) is 0 Å². The van der Waals surface area contributed by atoms with Crippen molar-refractivity contribution in [3.63, 3.8) is 0 Å². The zero-order valence-electron chi connectivity index (χ0n) is 12.4. The smallest absolute Gasteiger partial charge is 0.225 e. The summed E-state index contributed by atoms with van der Waals surface area (Å²) in [6.07, 6.45) is 5.53. The summed E-state index contributed by atoms with van der Waals surface area (Å²) in [7, 11) is 0. The molecule has 0 unspecified atom stereocenters. The lowest BCUT2D eigenvalue weighted by Gasteiger charge is -2.37. The highest BCUT2D eigenvalue weighted by atomic mass is 16.7. The fraction of sp³-hybridized carbons (Fsp3) is 0.412. The molecule has 0 N–H and O–H groups in total. The monoisotopic (exact) mass is 297 g/mol. The average Bonchev–Trinajstić information content (AvgIpc) is 3.05. The van der Waals surface area contributed by atoms with Crippen LogP contribution < -0.4 is 4.90 Å². The molecule has 0 atom stereocenters. The number of ether oxygens (including phenoxy) is 2. The van der Waals surface area contributed by atoms with Crippen molar-refractivity contribution in [2.45, 2.75) is 18.6 Å². The molecular weight excluding hydrogens is 278 g/mol. The summed E-state index contributed by atoms with van der Waals surface area (Å²) >= 11 is 0. The van der Waals surface area contributed by atoms with E-state index in [1.807, 2.05) is 30.6 Å². The van der Waals surface area contributed by atoms with Crippen molar-refractivity contribution < 1.29 is 9.47 Å². The van der Waals surface area contributed by atoms with Gasteiger partial charge in [-0.2, -0.15) is 0 Å². The minimum atomic E-state index is -0.347. The van der Waals surface area contributed by atoms with Gasteiger partial charge in [0.25, 0.3) is 0 Å². The zero-order chi connectivity index (χ0) is 14.8. The van der Waals surface area contributed by atoms with Crippen molar-refractivity contribution in [1.29, 1.82) is 0 Å². The van der Waals surface area contributed by atoms with Crippen molar-refractivity contribution in [2.24, 2.45) is 0 Å². The second-order valence-corrected chi connectivity index (χ2v) is 5.73. The fourth-order valence-electron chi connectivity index (χ4n) is 3.10. The standard InChI is InChI=1S/C17H19N3O2/c1-2-4-14(5-3-1)15-12-18-16(19-13-15)20-8-6-17(7-9-20)21-10-11-22-17/h1-5,12-13H,6-11H2. The molecule has 2 fully saturated rings. The quantitative estimate of drug-likeness (QED) is 0.852. The molecule has 0 bridgehead atoms. The van der Waals surface area contributed by atoms with Gasteiger partial charge in [0.1, 0.15) is 0 Å². The van der Waals surface area contributed by atoms with E-state index >= 15 is 0 Å². The summed E-state index contributed by atoms with van der Waals surface area (Å²) in [5, 5.41) is 0. The Hall–Kier alpha value is -1.98. The van der Waals surface area contributed by atoms with Crippen LogP contribution in [0.5, 0.6) is 0 Å².